The van der Waals surface area contributed by atoms with Crippen LogP contribution in [0.1, 0.15) is 16.7 Å². The lowest BCUT2D eigenvalue weighted by Gasteiger charge is -2.00. The Bertz CT molecular complexity index is 728. The van der Waals surface area contributed by atoms with Gasteiger partial charge in [0, 0.05) is 0 Å². The topological polar surface area (TPSA) is 58.9 Å². The second-order valence-corrected chi connectivity index (χ2v) is 6.40. The smallest absolute Gasteiger partial charge is 0.198 e. The molecule has 0 fully saturated rings. The minimum absolute atomic E-state index is 0.149. The molecule has 0 spiro atoms. The first-order valence-corrected chi connectivity index (χ1v) is 7.64. The maximum absolute atomic E-state index is 12.0. The molecule has 0 aliphatic rings. The number of nitrogens with zero attached hydrogens (tertiary/aromatic N) is 2. The zero-order valence-corrected chi connectivity index (χ0v) is 12.5. The highest BCUT2D eigenvalue weighted by Gasteiger charge is 2.12. The van der Waals surface area contributed by atoms with Crippen molar-refractivity contribution in [1.82, 2.24) is 0 Å². The van der Waals surface area contributed by atoms with Crippen molar-refractivity contribution in [3.63, 3.8) is 0 Å². The second-order valence-electron chi connectivity index (χ2n) is 4.82. The summed E-state index contributed by atoms with van der Waals surface area (Å²) in [5.41, 5.74) is 3.58. The van der Waals surface area contributed by atoms with Gasteiger partial charge in [-0.2, -0.15) is 8.42 Å². The monoisotopic (exact) mass is 288 g/mol. The molecular formula is C15H16N2O2S. The molecule has 5 heteroatoms. The Morgan fingerprint density at radius 3 is 1.90 bits per heavy atom. The number of aryl methyl sites for hydroxylation is 3. The van der Waals surface area contributed by atoms with Crippen molar-refractivity contribution in [3.05, 3.63) is 59.2 Å². The van der Waals surface area contributed by atoms with Crippen molar-refractivity contribution < 1.29 is 8.42 Å². The van der Waals surface area contributed by atoms with Gasteiger partial charge in [-0.25, -0.2) is 0 Å². The fourth-order valence-corrected chi connectivity index (χ4v) is 2.64. The quantitative estimate of drug-likeness (QED) is 0.799. The van der Waals surface area contributed by atoms with E-state index in [9.17, 15) is 8.42 Å². The molecule has 0 saturated heterocycles. The third kappa shape index (κ3) is 3.51. The van der Waals surface area contributed by atoms with Gasteiger partial charge in [0.2, 0.25) is 0 Å². The van der Waals surface area contributed by atoms with Crippen LogP contribution in [0.4, 0.5) is 5.69 Å². The molecule has 0 unspecified atom stereocenters. The lowest BCUT2D eigenvalue weighted by molar-refractivity contribution is 0.595. The lowest BCUT2D eigenvalue weighted by Crippen LogP contribution is -1.95. The largest absolute Gasteiger partial charge is 0.299 e. The second kappa shape index (κ2) is 5.54. The van der Waals surface area contributed by atoms with Gasteiger partial charge in [0.15, 0.2) is 0 Å². The highest BCUT2D eigenvalue weighted by atomic mass is 32.2. The van der Waals surface area contributed by atoms with E-state index in [-0.39, 0.29) is 4.90 Å². The molecule has 0 saturated carbocycles. The molecule has 20 heavy (non-hydrogen) atoms. The van der Waals surface area contributed by atoms with E-state index >= 15 is 0 Å². The van der Waals surface area contributed by atoms with Crippen molar-refractivity contribution in [2.75, 3.05) is 0 Å². The standard InChI is InChI=1S/C15H16N2O2S/c1-11-4-6-15(7-5-11)20(18,19)17-16-14-9-12(2)8-13(3)10-14/h4-10H,1-3H3. The Morgan fingerprint density at radius 2 is 1.35 bits per heavy atom. The first-order valence-electron chi connectivity index (χ1n) is 6.20. The average molecular weight is 288 g/mol. The highest BCUT2D eigenvalue weighted by molar-refractivity contribution is 7.90. The van der Waals surface area contributed by atoms with E-state index in [4.69, 9.17) is 0 Å². The summed E-state index contributed by atoms with van der Waals surface area (Å²) in [5.74, 6) is 0. The number of sulfonamides is 1. The predicted molar refractivity (Wildman–Crippen MR) is 78.8 cm³/mol. The molecule has 0 bridgehead atoms. The van der Waals surface area contributed by atoms with E-state index in [0.717, 1.165) is 16.7 Å². The van der Waals surface area contributed by atoms with Crippen LogP contribution >= 0.6 is 0 Å². The van der Waals surface area contributed by atoms with Crippen LogP contribution in [0.15, 0.2) is 57.0 Å². The first-order chi connectivity index (χ1) is 9.37. The molecule has 104 valence electrons. The predicted octanol–water partition coefficient (Wildman–Crippen LogP) is 4.08. The Balaban J connectivity index is 2.32. The van der Waals surface area contributed by atoms with E-state index in [1.54, 1.807) is 24.3 Å². The van der Waals surface area contributed by atoms with Crippen LogP contribution in [0.3, 0.4) is 0 Å². The summed E-state index contributed by atoms with van der Waals surface area (Å²) in [7, 11) is -3.74. The molecule has 0 aliphatic heterocycles. The van der Waals surface area contributed by atoms with E-state index in [2.05, 4.69) is 9.63 Å². The number of hydrogen-bond acceptors (Lipinski definition) is 3. The molecule has 2 aromatic carbocycles. The Hall–Kier alpha value is -2.01. The summed E-state index contributed by atoms with van der Waals surface area (Å²) in [5, 5.41) is 3.84. The van der Waals surface area contributed by atoms with Crippen LogP contribution in [0.2, 0.25) is 0 Å². The van der Waals surface area contributed by atoms with Crippen molar-refractivity contribution >= 4 is 15.7 Å². The summed E-state index contributed by atoms with van der Waals surface area (Å²) < 4.78 is 27.6. The molecule has 2 rings (SSSR count). The Kier molecular flexibility index (Phi) is 3.99. The molecule has 2 aromatic rings. The van der Waals surface area contributed by atoms with Crippen LogP contribution in [0.5, 0.6) is 0 Å². The molecule has 4 nitrogen and oxygen atoms in total. The lowest BCUT2D eigenvalue weighted by atomic mass is 10.1. The van der Waals surface area contributed by atoms with Crippen molar-refractivity contribution in [2.45, 2.75) is 25.7 Å². The van der Waals surface area contributed by atoms with Crippen LogP contribution in [-0.2, 0) is 10.0 Å². The van der Waals surface area contributed by atoms with Gasteiger partial charge >= 0.3 is 0 Å². The van der Waals surface area contributed by atoms with Gasteiger partial charge in [-0.15, -0.1) is 5.11 Å². The Morgan fingerprint density at radius 1 is 0.800 bits per heavy atom. The normalized spacial score (nSPS) is 11.9. The van der Waals surface area contributed by atoms with E-state index in [1.165, 1.54) is 12.1 Å². The van der Waals surface area contributed by atoms with Gasteiger partial charge in [-0.1, -0.05) is 28.3 Å². The third-order valence-corrected chi connectivity index (χ3v) is 3.95. The van der Waals surface area contributed by atoms with E-state index in [1.807, 2.05) is 26.8 Å². The fourth-order valence-electron chi connectivity index (χ4n) is 1.87. The van der Waals surface area contributed by atoms with Crippen molar-refractivity contribution in [2.24, 2.45) is 9.63 Å². The molecule has 0 aromatic heterocycles. The van der Waals surface area contributed by atoms with Gasteiger partial charge < -0.3 is 0 Å². The first kappa shape index (κ1) is 14.4. The molecule has 0 aliphatic carbocycles. The highest BCUT2D eigenvalue weighted by Crippen LogP contribution is 2.20. The molecule has 0 amide bonds. The summed E-state index contributed by atoms with van der Waals surface area (Å²) in [4.78, 5) is 0.149. The molecule has 0 atom stereocenters. The van der Waals surface area contributed by atoms with Gasteiger partial charge in [0.05, 0.1) is 10.6 Å². The number of hydrogen-bond donors (Lipinski definition) is 0. The maximum atomic E-state index is 12.0. The summed E-state index contributed by atoms with van der Waals surface area (Å²) >= 11 is 0. The molecular weight excluding hydrogens is 272 g/mol. The van der Waals surface area contributed by atoms with Gasteiger partial charge in [0.1, 0.15) is 0 Å². The SMILES string of the molecule is Cc1ccc(S(=O)(=O)N=Nc2cc(C)cc(C)c2)cc1. The van der Waals surface area contributed by atoms with E-state index in [0.29, 0.717) is 5.69 Å². The fraction of sp³-hybridized carbons (Fsp3) is 0.200. The van der Waals surface area contributed by atoms with Crippen LogP contribution in [-0.4, -0.2) is 8.42 Å². The Labute approximate surface area is 119 Å². The van der Waals surface area contributed by atoms with Crippen LogP contribution in [0, 0.1) is 20.8 Å². The maximum Gasteiger partial charge on any atom is 0.299 e. The molecule has 0 N–H and O–H groups in total. The minimum atomic E-state index is -3.74. The average Bonchev–Trinajstić information content (AvgIpc) is 2.36. The van der Waals surface area contributed by atoms with Gasteiger partial charge in [-0.05, 0) is 56.2 Å². The van der Waals surface area contributed by atoms with Crippen LogP contribution in [0.25, 0.3) is 0 Å². The minimum Gasteiger partial charge on any atom is -0.198 e. The summed E-state index contributed by atoms with van der Waals surface area (Å²) in [6.07, 6.45) is 0. The third-order valence-electron chi connectivity index (χ3n) is 2.79. The number of benzene rings is 2. The van der Waals surface area contributed by atoms with E-state index < -0.39 is 10.0 Å². The zero-order chi connectivity index (χ0) is 14.8. The molecule has 0 heterocycles. The van der Waals surface area contributed by atoms with Gasteiger partial charge in [-0.3, -0.25) is 0 Å². The van der Waals surface area contributed by atoms with Crippen molar-refractivity contribution in [3.8, 4) is 0 Å². The molecule has 0 radical (unpaired) electrons. The van der Waals surface area contributed by atoms with Crippen molar-refractivity contribution in [1.29, 1.82) is 0 Å². The number of rotatable bonds is 3. The van der Waals surface area contributed by atoms with Crippen LogP contribution < -0.4 is 0 Å². The zero-order valence-electron chi connectivity index (χ0n) is 11.7. The summed E-state index contributed by atoms with van der Waals surface area (Å²) in [6.45, 7) is 5.76. The summed E-state index contributed by atoms with van der Waals surface area (Å²) in [6, 6.07) is 12.1. The van der Waals surface area contributed by atoms with Gasteiger partial charge in [0.25, 0.3) is 10.0 Å².